The van der Waals surface area contributed by atoms with E-state index >= 15 is 0 Å². The largest absolute Gasteiger partial charge is 0.0622 e. The molecule has 0 bridgehead atoms. The van der Waals surface area contributed by atoms with Crippen LogP contribution in [0.1, 0.15) is 44.4 Å². The Morgan fingerprint density at radius 1 is 0.714 bits per heavy atom. The Kier molecular flexibility index (Phi) is 3.37. The Labute approximate surface area is 136 Å². The van der Waals surface area contributed by atoms with E-state index < -0.39 is 0 Å². The van der Waals surface area contributed by atoms with E-state index in [1.807, 2.05) is 0 Å². The van der Waals surface area contributed by atoms with Gasteiger partial charge in [-0.1, -0.05) is 98.2 Å². The summed E-state index contributed by atoms with van der Waals surface area (Å²) in [5.41, 5.74) is 5.67. The van der Waals surface area contributed by atoms with Crippen LogP contribution in [0.5, 0.6) is 0 Å². The molecule has 0 N–H and O–H groups in total. The quantitative estimate of drug-likeness (QED) is 0.591. The van der Waals surface area contributed by atoms with Crippen LogP contribution in [0.25, 0.3) is 4.48 Å². The average molecular weight is 341 g/mol. The van der Waals surface area contributed by atoms with Gasteiger partial charge in [0.25, 0.3) is 0 Å². The minimum Gasteiger partial charge on any atom is -0.0622 e. The van der Waals surface area contributed by atoms with Crippen LogP contribution in [-0.4, -0.2) is 0 Å². The summed E-state index contributed by atoms with van der Waals surface area (Å²) in [5, 5.41) is 0. The highest BCUT2D eigenvalue weighted by molar-refractivity contribution is 9.15. The summed E-state index contributed by atoms with van der Waals surface area (Å²) >= 11 is 3.90. The Morgan fingerprint density at radius 2 is 1.14 bits per heavy atom. The Morgan fingerprint density at radius 3 is 1.62 bits per heavy atom. The van der Waals surface area contributed by atoms with Crippen LogP contribution in [0.3, 0.4) is 0 Å². The van der Waals surface area contributed by atoms with Crippen LogP contribution >= 0.6 is 15.9 Å². The third kappa shape index (κ3) is 2.10. The average Bonchev–Trinajstić information content (AvgIpc) is 2.63. The number of hydrogen-bond donors (Lipinski definition) is 0. The fraction of sp³-hybridized carbons (Fsp3) is 0.300. The summed E-state index contributed by atoms with van der Waals surface area (Å²) in [6, 6.07) is 19.4. The van der Waals surface area contributed by atoms with E-state index in [0.717, 1.165) is 0 Å². The lowest BCUT2D eigenvalue weighted by molar-refractivity contribution is 0.554. The molecular weight excluding hydrogens is 320 g/mol. The number of halogens is 1. The minimum absolute atomic E-state index is 0.0365. The van der Waals surface area contributed by atoms with Crippen LogP contribution in [-0.2, 0) is 10.8 Å². The molecule has 0 saturated carbocycles. The lowest BCUT2D eigenvalue weighted by Crippen LogP contribution is -2.24. The molecule has 0 saturated heterocycles. The normalized spacial score (nSPS) is 18.4. The van der Waals surface area contributed by atoms with E-state index in [1.165, 1.54) is 26.7 Å². The molecule has 0 unspecified atom stereocenters. The van der Waals surface area contributed by atoms with Gasteiger partial charge >= 0.3 is 0 Å². The van der Waals surface area contributed by atoms with E-state index in [0.29, 0.717) is 0 Å². The van der Waals surface area contributed by atoms with E-state index in [4.69, 9.17) is 0 Å². The standard InChI is InChI=1S/C20H21Br/c1-19(2)15-12-8-9-13-16(15)20(3,4)18(19)17(21)14-10-6-5-7-11-14/h5-13H,1-4H3. The van der Waals surface area contributed by atoms with Gasteiger partial charge in [0.15, 0.2) is 0 Å². The van der Waals surface area contributed by atoms with Crippen molar-refractivity contribution in [1.82, 2.24) is 0 Å². The zero-order valence-corrected chi connectivity index (χ0v) is 14.7. The lowest BCUT2D eigenvalue weighted by atomic mass is 9.75. The van der Waals surface area contributed by atoms with Gasteiger partial charge in [0.05, 0.1) is 0 Å². The number of benzene rings is 2. The van der Waals surface area contributed by atoms with Gasteiger partial charge in [-0.3, -0.25) is 0 Å². The van der Waals surface area contributed by atoms with Crippen molar-refractivity contribution in [1.29, 1.82) is 0 Å². The number of fused-ring (bicyclic) bond motifs is 1. The molecule has 0 fully saturated rings. The van der Waals surface area contributed by atoms with Crippen LogP contribution < -0.4 is 0 Å². The van der Waals surface area contributed by atoms with Crippen LogP contribution in [0.2, 0.25) is 0 Å². The van der Waals surface area contributed by atoms with Crippen molar-refractivity contribution in [2.24, 2.45) is 0 Å². The van der Waals surface area contributed by atoms with E-state index in [2.05, 4.69) is 98.2 Å². The van der Waals surface area contributed by atoms with Crippen LogP contribution in [0, 0.1) is 0 Å². The molecule has 0 nitrogen and oxygen atoms in total. The molecule has 1 aliphatic carbocycles. The first-order chi connectivity index (χ1) is 9.87. The second-order valence-corrected chi connectivity index (χ2v) is 7.64. The van der Waals surface area contributed by atoms with Crippen molar-refractivity contribution in [3.05, 3.63) is 76.9 Å². The van der Waals surface area contributed by atoms with Gasteiger partial charge in [-0.25, -0.2) is 0 Å². The highest BCUT2D eigenvalue weighted by atomic mass is 79.9. The van der Waals surface area contributed by atoms with Crippen molar-refractivity contribution >= 4 is 20.4 Å². The zero-order valence-electron chi connectivity index (χ0n) is 13.1. The molecule has 108 valence electrons. The van der Waals surface area contributed by atoms with Gasteiger partial charge < -0.3 is 0 Å². The van der Waals surface area contributed by atoms with Crippen LogP contribution in [0.15, 0.2) is 60.2 Å². The first kappa shape index (κ1) is 14.6. The number of rotatable bonds is 1. The van der Waals surface area contributed by atoms with Gasteiger partial charge in [0.1, 0.15) is 0 Å². The summed E-state index contributed by atoms with van der Waals surface area (Å²) in [6.07, 6.45) is 0. The molecule has 0 heterocycles. The lowest BCUT2D eigenvalue weighted by Gasteiger charge is -2.30. The van der Waals surface area contributed by atoms with E-state index in [1.54, 1.807) is 0 Å². The smallest absolute Gasteiger partial charge is 0.0257 e. The summed E-state index contributed by atoms with van der Waals surface area (Å²) in [6.45, 7) is 9.33. The first-order valence-electron chi connectivity index (χ1n) is 7.43. The van der Waals surface area contributed by atoms with Crippen molar-refractivity contribution in [2.75, 3.05) is 0 Å². The summed E-state index contributed by atoms with van der Waals surface area (Å²) in [5.74, 6) is 0. The van der Waals surface area contributed by atoms with E-state index in [9.17, 15) is 0 Å². The summed E-state index contributed by atoms with van der Waals surface area (Å²) < 4.78 is 1.23. The molecule has 0 atom stereocenters. The van der Waals surface area contributed by atoms with Gasteiger partial charge in [-0.2, -0.15) is 0 Å². The maximum atomic E-state index is 3.90. The van der Waals surface area contributed by atoms with Crippen LogP contribution in [0.4, 0.5) is 0 Å². The molecule has 0 aromatic heterocycles. The maximum absolute atomic E-state index is 3.90. The highest BCUT2D eigenvalue weighted by Gasteiger charge is 2.47. The van der Waals surface area contributed by atoms with Gasteiger partial charge in [-0.15, -0.1) is 0 Å². The Balaban J connectivity index is 2.30. The fourth-order valence-electron chi connectivity index (χ4n) is 3.90. The zero-order chi connectivity index (χ0) is 15.3. The SMILES string of the molecule is CC1(C)C(=C(Br)c2ccccc2)C(C)(C)c2ccccc21. The highest BCUT2D eigenvalue weighted by Crippen LogP contribution is 2.56. The monoisotopic (exact) mass is 340 g/mol. The molecule has 3 rings (SSSR count). The third-order valence-electron chi connectivity index (χ3n) is 4.77. The Bertz CT molecular complexity index is 669. The molecule has 2 aromatic carbocycles. The molecular formula is C20H21Br. The molecule has 1 heteroatoms. The predicted molar refractivity (Wildman–Crippen MR) is 94.8 cm³/mol. The molecule has 2 aromatic rings. The van der Waals surface area contributed by atoms with Crippen molar-refractivity contribution in [3.63, 3.8) is 0 Å². The molecule has 0 amide bonds. The van der Waals surface area contributed by atoms with Crippen molar-refractivity contribution in [2.45, 2.75) is 38.5 Å². The third-order valence-corrected chi connectivity index (χ3v) is 5.62. The van der Waals surface area contributed by atoms with Crippen molar-refractivity contribution < 1.29 is 0 Å². The van der Waals surface area contributed by atoms with Gasteiger partial charge in [0, 0.05) is 15.3 Å². The maximum Gasteiger partial charge on any atom is 0.0257 e. The number of hydrogen-bond acceptors (Lipinski definition) is 0. The molecule has 0 aliphatic heterocycles. The summed E-state index contributed by atoms with van der Waals surface area (Å²) in [7, 11) is 0. The van der Waals surface area contributed by atoms with Crippen molar-refractivity contribution in [3.8, 4) is 0 Å². The summed E-state index contributed by atoms with van der Waals surface area (Å²) in [4.78, 5) is 0. The second kappa shape index (κ2) is 4.84. The topological polar surface area (TPSA) is 0 Å². The van der Waals surface area contributed by atoms with E-state index in [-0.39, 0.29) is 10.8 Å². The van der Waals surface area contributed by atoms with Gasteiger partial charge in [0.2, 0.25) is 0 Å². The molecule has 0 spiro atoms. The molecule has 21 heavy (non-hydrogen) atoms. The van der Waals surface area contributed by atoms with Gasteiger partial charge in [-0.05, 0) is 22.3 Å². The minimum atomic E-state index is 0.0365. The fourth-order valence-corrected chi connectivity index (χ4v) is 5.16. The second-order valence-electron chi connectivity index (χ2n) is 6.85. The molecule has 1 aliphatic rings. The number of allylic oxidation sites excluding steroid dienone is 1. The Hall–Kier alpha value is -1.34. The molecule has 0 radical (unpaired) electrons. The first-order valence-corrected chi connectivity index (χ1v) is 8.22. The predicted octanol–water partition coefficient (Wildman–Crippen LogP) is 6.06.